The van der Waals surface area contributed by atoms with Gasteiger partial charge in [-0.2, -0.15) is 0 Å². The van der Waals surface area contributed by atoms with Crippen molar-refractivity contribution >= 4 is 46.6 Å². The van der Waals surface area contributed by atoms with Crippen LogP contribution in [0.25, 0.3) is 6.08 Å². The van der Waals surface area contributed by atoms with Crippen molar-refractivity contribution in [2.45, 2.75) is 0 Å². The van der Waals surface area contributed by atoms with E-state index in [9.17, 15) is 14.0 Å². The molecule has 2 N–H and O–H groups in total. The van der Waals surface area contributed by atoms with Gasteiger partial charge in [-0.3, -0.25) is 4.79 Å². The molecule has 0 spiro atoms. The van der Waals surface area contributed by atoms with Gasteiger partial charge in [0, 0.05) is 11.8 Å². The van der Waals surface area contributed by atoms with Crippen LogP contribution in [0.5, 0.6) is 0 Å². The lowest BCUT2D eigenvalue weighted by molar-refractivity contribution is -0.131. The van der Waals surface area contributed by atoms with E-state index in [-0.39, 0.29) is 5.02 Å². The van der Waals surface area contributed by atoms with Gasteiger partial charge >= 0.3 is 5.97 Å². The highest BCUT2D eigenvalue weighted by molar-refractivity contribution is 7.12. The van der Waals surface area contributed by atoms with E-state index in [4.69, 9.17) is 16.7 Å². The van der Waals surface area contributed by atoms with Crippen molar-refractivity contribution in [3.8, 4) is 0 Å². The van der Waals surface area contributed by atoms with Crippen LogP contribution < -0.4 is 5.32 Å². The summed E-state index contributed by atoms with van der Waals surface area (Å²) in [5, 5.41) is 12.8. The van der Waals surface area contributed by atoms with Crippen LogP contribution in [0, 0.1) is 5.82 Å². The number of halogens is 2. The second-order valence-corrected chi connectivity index (χ2v) is 5.28. The highest BCUT2D eigenvalue weighted by Gasteiger charge is 2.12. The van der Waals surface area contributed by atoms with Crippen LogP contribution in [-0.2, 0) is 4.79 Å². The number of hydrogen-bond donors (Lipinski definition) is 2. The highest BCUT2D eigenvalue weighted by atomic mass is 35.5. The molecule has 2 aromatic rings. The Hall–Kier alpha value is -2.18. The van der Waals surface area contributed by atoms with Gasteiger partial charge in [-0.15, -0.1) is 11.3 Å². The molecule has 0 fully saturated rings. The van der Waals surface area contributed by atoms with Crippen LogP contribution in [0.1, 0.15) is 15.2 Å². The summed E-state index contributed by atoms with van der Waals surface area (Å²) in [7, 11) is 0. The summed E-state index contributed by atoms with van der Waals surface area (Å²) in [5.41, 5.74) is 0.848. The third-order valence-corrected chi connectivity index (χ3v) is 3.70. The fraction of sp³-hybridized carbons (Fsp3) is 0. The largest absolute Gasteiger partial charge is 0.478 e. The summed E-state index contributed by atoms with van der Waals surface area (Å²) in [6.07, 6.45) is 2.29. The van der Waals surface area contributed by atoms with Crippen LogP contribution in [0.15, 0.2) is 35.7 Å². The average molecular weight is 326 g/mol. The topological polar surface area (TPSA) is 66.4 Å². The first-order valence-corrected chi connectivity index (χ1v) is 6.98. The number of rotatable bonds is 4. The first-order valence-electron chi connectivity index (χ1n) is 5.72. The molecule has 0 aliphatic carbocycles. The van der Waals surface area contributed by atoms with Gasteiger partial charge in [0.05, 0.1) is 9.90 Å². The molecule has 0 radical (unpaired) electrons. The number of aliphatic carboxylic acids is 1. The van der Waals surface area contributed by atoms with E-state index in [1.807, 2.05) is 0 Å². The van der Waals surface area contributed by atoms with Crippen molar-refractivity contribution in [3.05, 3.63) is 57.0 Å². The van der Waals surface area contributed by atoms with Gasteiger partial charge in [-0.05, 0) is 41.3 Å². The zero-order chi connectivity index (χ0) is 15.4. The first kappa shape index (κ1) is 15.2. The second-order valence-electron chi connectivity index (χ2n) is 3.96. The number of carbonyl (C=O) groups excluding carboxylic acids is 1. The predicted molar refractivity (Wildman–Crippen MR) is 80.4 cm³/mol. The Morgan fingerprint density at radius 2 is 2.10 bits per heavy atom. The van der Waals surface area contributed by atoms with Gasteiger partial charge < -0.3 is 10.4 Å². The molecular weight excluding hydrogens is 317 g/mol. The molecule has 0 aliphatic rings. The summed E-state index contributed by atoms with van der Waals surface area (Å²) in [4.78, 5) is 23.0. The van der Waals surface area contributed by atoms with Crippen LogP contribution in [0.4, 0.5) is 10.1 Å². The zero-order valence-electron chi connectivity index (χ0n) is 10.5. The van der Waals surface area contributed by atoms with Gasteiger partial charge in [0.25, 0.3) is 5.91 Å². The molecule has 1 heterocycles. The molecule has 7 heteroatoms. The average Bonchev–Trinajstić information content (AvgIpc) is 2.89. The van der Waals surface area contributed by atoms with E-state index >= 15 is 0 Å². The lowest BCUT2D eigenvalue weighted by Gasteiger charge is -2.05. The minimum absolute atomic E-state index is 0.0926. The number of amides is 1. The lowest BCUT2D eigenvalue weighted by atomic mass is 10.2. The van der Waals surface area contributed by atoms with Crippen molar-refractivity contribution < 1.29 is 19.1 Å². The van der Waals surface area contributed by atoms with E-state index in [1.165, 1.54) is 29.5 Å². The minimum atomic E-state index is -1.10. The first-order chi connectivity index (χ1) is 9.97. The van der Waals surface area contributed by atoms with Crippen molar-refractivity contribution in [3.63, 3.8) is 0 Å². The fourth-order valence-electron chi connectivity index (χ4n) is 1.56. The van der Waals surface area contributed by atoms with Crippen molar-refractivity contribution in [1.29, 1.82) is 0 Å². The third kappa shape index (κ3) is 3.90. The molecule has 0 unspecified atom stereocenters. The third-order valence-electron chi connectivity index (χ3n) is 2.48. The van der Waals surface area contributed by atoms with Crippen molar-refractivity contribution in [2.24, 2.45) is 0 Å². The number of nitrogens with one attached hydrogen (secondary N) is 1. The maximum Gasteiger partial charge on any atom is 0.328 e. The predicted octanol–water partition coefficient (Wildman–Crippen LogP) is 3.89. The van der Waals surface area contributed by atoms with E-state index in [1.54, 1.807) is 11.4 Å². The van der Waals surface area contributed by atoms with Crippen LogP contribution in [0.3, 0.4) is 0 Å². The van der Waals surface area contributed by atoms with E-state index in [0.29, 0.717) is 16.1 Å². The molecule has 108 valence electrons. The summed E-state index contributed by atoms with van der Waals surface area (Å²) in [5.74, 6) is -2.09. The van der Waals surface area contributed by atoms with Crippen LogP contribution >= 0.6 is 22.9 Å². The fourth-order valence-corrected chi connectivity index (χ4v) is 2.52. The van der Waals surface area contributed by atoms with Crippen molar-refractivity contribution in [1.82, 2.24) is 0 Å². The highest BCUT2D eigenvalue weighted by Crippen LogP contribution is 2.23. The maximum atomic E-state index is 13.0. The Balaban J connectivity index is 2.19. The summed E-state index contributed by atoms with van der Waals surface area (Å²) >= 11 is 6.81. The van der Waals surface area contributed by atoms with Crippen LogP contribution in [-0.4, -0.2) is 17.0 Å². The number of carboxylic acid groups (broad SMARTS) is 1. The van der Waals surface area contributed by atoms with Gasteiger partial charge in [-0.1, -0.05) is 11.6 Å². The number of anilines is 1. The van der Waals surface area contributed by atoms with Gasteiger partial charge in [0.15, 0.2) is 0 Å². The Morgan fingerprint density at radius 1 is 1.33 bits per heavy atom. The molecule has 0 saturated carbocycles. The standard InChI is InChI=1S/C14H9ClFNO3S/c15-10-7-9(2-3-11(10)16)17-14(20)13-8(5-6-21-13)1-4-12(18)19/h1-7H,(H,17,20)(H,18,19). The summed E-state index contributed by atoms with van der Waals surface area (Å²) in [6, 6.07) is 5.48. The number of thiophene rings is 1. The van der Waals surface area contributed by atoms with E-state index in [0.717, 1.165) is 12.1 Å². The van der Waals surface area contributed by atoms with Gasteiger partial charge in [0.1, 0.15) is 5.82 Å². The molecule has 1 aromatic heterocycles. The van der Waals surface area contributed by atoms with Crippen LogP contribution in [0.2, 0.25) is 5.02 Å². The minimum Gasteiger partial charge on any atom is -0.478 e. The molecule has 0 bridgehead atoms. The molecule has 0 atom stereocenters. The monoisotopic (exact) mass is 325 g/mol. The molecule has 1 amide bonds. The van der Waals surface area contributed by atoms with Gasteiger partial charge in [0.2, 0.25) is 0 Å². The smallest absolute Gasteiger partial charge is 0.328 e. The second kappa shape index (κ2) is 6.51. The molecule has 0 saturated heterocycles. The van der Waals surface area contributed by atoms with E-state index < -0.39 is 17.7 Å². The number of carboxylic acids is 1. The Labute approximate surface area is 128 Å². The van der Waals surface area contributed by atoms with E-state index in [2.05, 4.69) is 5.32 Å². The Kier molecular flexibility index (Phi) is 4.72. The SMILES string of the molecule is O=C(O)C=Cc1ccsc1C(=O)Nc1ccc(F)c(Cl)c1. The molecule has 4 nitrogen and oxygen atoms in total. The summed E-state index contributed by atoms with van der Waals surface area (Å²) in [6.45, 7) is 0. The quantitative estimate of drug-likeness (QED) is 0.838. The Morgan fingerprint density at radius 3 is 2.76 bits per heavy atom. The molecular formula is C14H9ClFNO3S. The zero-order valence-corrected chi connectivity index (χ0v) is 12.0. The lowest BCUT2D eigenvalue weighted by Crippen LogP contribution is -2.11. The molecule has 0 aliphatic heterocycles. The normalized spacial score (nSPS) is 10.8. The summed E-state index contributed by atoms with van der Waals surface area (Å²) < 4.78 is 13.0. The molecule has 1 aromatic carbocycles. The Bertz CT molecular complexity index is 727. The van der Waals surface area contributed by atoms with Crippen molar-refractivity contribution in [2.75, 3.05) is 5.32 Å². The molecule has 2 rings (SSSR count). The maximum absolute atomic E-state index is 13.0. The number of benzene rings is 1. The number of hydrogen-bond acceptors (Lipinski definition) is 3. The number of carbonyl (C=O) groups is 2. The van der Waals surface area contributed by atoms with Gasteiger partial charge in [-0.25, -0.2) is 9.18 Å². The molecule has 21 heavy (non-hydrogen) atoms.